The minimum Gasteiger partial charge on any atom is -0.365 e. The van der Waals surface area contributed by atoms with Crippen LogP contribution in [0.25, 0.3) is 0 Å². The van der Waals surface area contributed by atoms with E-state index >= 15 is 0 Å². The summed E-state index contributed by atoms with van der Waals surface area (Å²) in [5, 5.41) is 2.95. The number of benzene rings is 1. The van der Waals surface area contributed by atoms with Gasteiger partial charge in [-0.25, -0.2) is 4.79 Å². The van der Waals surface area contributed by atoms with E-state index in [1.54, 1.807) is 19.0 Å². The molecule has 1 N–H and O–H groups in total. The number of rotatable bonds is 4. The van der Waals surface area contributed by atoms with E-state index in [0.717, 1.165) is 21.3 Å². The van der Waals surface area contributed by atoms with Gasteiger partial charge in [-0.05, 0) is 37.1 Å². The lowest BCUT2D eigenvalue weighted by Gasteiger charge is -2.38. The smallest absolute Gasteiger partial charge is 0.322 e. The number of ether oxygens (including phenoxy) is 1. The van der Waals surface area contributed by atoms with E-state index in [4.69, 9.17) is 4.74 Å². The Morgan fingerprint density at radius 3 is 2.39 bits per heavy atom. The molecule has 1 fully saturated rings. The summed E-state index contributed by atoms with van der Waals surface area (Å²) in [7, 11) is 3.38. The van der Waals surface area contributed by atoms with Crippen LogP contribution in [0.1, 0.15) is 11.1 Å². The summed E-state index contributed by atoms with van der Waals surface area (Å²) in [5.41, 5.74) is 2.86. The second-order valence-corrected chi connectivity index (χ2v) is 6.89. The Morgan fingerprint density at radius 1 is 1.30 bits per heavy atom. The van der Waals surface area contributed by atoms with Crippen LogP contribution in [0.2, 0.25) is 0 Å². The number of aryl methyl sites for hydroxylation is 2. The summed E-state index contributed by atoms with van der Waals surface area (Å²) in [6.45, 7) is 4.98. The molecule has 0 aliphatic carbocycles. The highest BCUT2D eigenvalue weighted by Gasteiger charge is 2.32. The molecular formula is C16H22BrN3O3. The number of carbonyl (C=O) groups is 2. The number of anilines is 1. The lowest BCUT2D eigenvalue weighted by Crippen LogP contribution is -2.56. The minimum absolute atomic E-state index is 0.0536. The zero-order valence-corrected chi connectivity index (χ0v) is 15.4. The first-order chi connectivity index (χ1) is 10.8. The van der Waals surface area contributed by atoms with Crippen LogP contribution in [-0.4, -0.2) is 61.6 Å². The van der Waals surface area contributed by atoms with Gasteiger partial charge < -0.3 is 19.9 Å². The summed E-state index contributed by atoms with van der Waals surface area (Å²) in [6, 6.07) is 3.80. The Balaban J connectivity index is 1.82. The van der Waals surface area contributed by atoms with E-state index in [0.29, 0.717) is 13.1 Å². The Bertz CT molecular complexity index is 590. The fraction of sp³-hybridized carbons (Fsp3) is 0.500. The maximum Gasteiger partial charge on any atom is 0.322 e. The second-order valence-electron chi connectivity index (χ2n) is 5.97. The van der Waals surface area contributed by atoms with Gasteiger partial charge in [-0.15, -0.1) is 0 Å². The number of nitrogens with zero attached hydrogens (tertiary/aromatic N) is 2. The molecule has 0 saturated carbocycles. The van der Waals surface area contributed by atoms with Gasteiger partial charge in [0.25, 0.3) is 0 Å². The molecule has 23 heavy (non-hydrogen) atoms. The van der Waals surface area contributed by atoms with Crippen molar-refractivity contribution in [1.82, 2.24) is 9.80 Å². The van der Waals surface area contributed by atoms with Crippen LogP contribution in [0.15, 0.2) is 16.6 Å². The molecule has 1 saturated heterocycles. The summed E-state index contributed by atoms with van der Waals surface area (Å²) in [6.07, 6.45) is -0.0724. The van der Waals surface area contributed by atoms with Gasteiger partial charge in [0.1, 0.15) is 6.61 Å². The molecule has 0 spiro atoms. The lowest BCUT2D eigenvalue weighted by atomic mass is 10.1. The number of likely N-dealkylation sites (N-methyl/N-ethyl adjacent to an activating group) is 1. The van der Waals surface area contributed by atoms with Crippen molar-refractivity contribution >= 4 is 33.6 Å². The first-order valence-corrected chi connectivity index (χ1v) is 8.21. The summed E-state index contributed by atoms with van der Waals surface area (Å²) in [4.78, 5) is 26.9. The molecule has 2 rings (SSSR count). The molecule has 1 aliphatic heterocycles. The van der Waals surface area contributed by atoms with Crippen LogP contribution in [0.5, 0.6) is 0 Å². The second kappa shape index (κ2) is 7.31. The first kappa shape index (κ1) is 17.7. The highest BCUT2D eigenvalue weighted by atomic mass is 79.9. The SMILES string of the molecule is Cc1cc(Br)cc(C)c1NC(=O)N1CC(OCC(=O)N(C)C)C1. The maximum atomic E-state index is 12.2. The number of hydrogen-bond donors (Lipinski definition) is 1. The predicted molar refractivity (Wildman–Crippen MR) is 92.6 cm³/mol. The molecule has 1 aromatic rings. The van der Waals surface area contributed by atoms with Crippen LogP contribution in [0, 0.1) is 13.8 Å². The molecule has 7 heteroatoms. The number of carbonyl (C=O) groups excluding carboxylic acids is 2. The quantitative estimate of drug-likeness (QED) is 0.867. The standard InChI is InChI=1S/C16H22BrN3O3/c1-10-5-12(17)6-11(2)15(10)18-16(22)20-7-13(8-20)23-9-14(21)19(3)4/h5-6,13H,7-9H2,1-4H3,(H,18,22). The highest BCUT2D eigenvalue weighted by molar-refractivity contribution is 9.10. The number of hydrogen-bond acceptors (Lipinski definition) is 3. The normalized spacial score (nSPS) is 14.4. The van der Waals surface area contributed by atoms with E-state index in [2.05, 4.69) is 21.2 Å². The lowest BCUT2D eigenvalue weighted by molar-refractivity contribution is -0.138. The number of halogens is 1. The minimum atomic E-state index is -0.141. The van der Waals surface area contributed by atoms with Gasteiger partial charge in [0.2, 0.25) is 5.91 Å². The van der Waals surface area contributed by atoms with Crippen LogP contribution in [-0.2, 0) is 9.53 Å². The van der Waals surface area contributed by atoms with Gasteiger partial charge >= 0.3 is 6.03 Å². The van der Waals surface area contributed by atoms with E-state index in [1.165, 1.54) is 4.90 Å². The summed E-state index contributed by atoms with van der Waals surface area (Å²) >= 11 is 3.44. The predicted octanol–water partition coefficient (Wildman–Crippen LogP) is 2.39. The molecule has 3 amide bonds. The van der Waals surface area contributed by atoms with Crippen molar-refractivity contribution in [1.29, 1.82) is 0 Å². The van der Waals surface area contributed by atoms with Gasteiger partial charge in [0.15, 0.2) is 0 Å². The van der Waals surface area contributed by atoms with Crippen molar-refractivity contribution in [2.45, 2.75) is 20.0 Å². The van der Waals surface area contributed by atoms with E-state index in [9.17, 15) is 9.59 Å². The van der Waals surface area contributed by atoms with Crippen molar-refractivity contribution in [3.05, 3.63) is 27.7 Å². The van der Waals surface area contributed by atoms with Crippen molar-refractivity contribution in [2.75, 3.05) is 39.1 Å². The fourth-order valence-electron chi connectivity index (χ4n) is 2.32. The third kappa shape index (κ3) is 4.45. The monoisotopic (exact) mass is 383 g/mol. The molecule has 0 unspecified atom stereocenters. The van der Waals surface area contributed by atoms with Gasteiger partial charge in [0, 0.05) is 24.3 Å². The molecule has 1 aromatic carbocycles. The zero-order chi connectivity index (χ0) is 17.1. The molecule has 0 atom stereocenters. The Hall–Kier alpha value is -1.60. The zero-order valence-electron chi connectivity index (χ0n) is 13.9. The first-order valence-electron chi connectivity index (χ1n) is 7.42. The average molecular weight is 384 g/mol. The average Bonchev–Trinajstić information content (AvgIpc) is 2.40. The molecule has 1 heterocycles. The summed E-state index contributed by atoms with van der Waals surface area (Å²) < 4.78 is 6.47. The molecule has 126 valence electrons. The molecule has 0 radical (unpaired) electrons. The molecule has 0 aromatic heterocycles. The number of urea groups is 1. The fourth-order valence-corrected chi connectivity index (χ4v) is 3.01. The Morgan fingerprint density at radius 2 is 1.87 bits per heavy atom. The number of amides is 3. The van der Waals surface area contributed by atoms with Crippen LogP contribution < -0.4 is 5.32 Å². The van der Waals surface area contributed by atoms with Crippen molar-refractivity contribution < 1.29 is 14.3 Å². The molecule has 1 aliphatic rings. The molecular weight excluding hydrogens is 362 g/mol. The van der Waals surface area contributed by atoms with Crippen molar-refractivity contribution in [2.24, 2.45) is 0 Å². The Kier molecular flexibility index (Phi) is 5.64. The van der Waals surface area contributed by atoms with E-state index < -0.39 is 0 Å². The van der Waals surface area contributed by atoms with E-state index in [-0.39, 0.29) is 24.6 Å². The van der Waals surface area contributed by atoms with Gasteiger partial charge in [-0.1, -0.05) is 15.9 Å². The largest absolute Gasteiger partial charge is 0.365 e. The van der Waals surface area contributed by atoms with Gasteiger partial charge in [-0.3, -0.25) is 4.79 Å². The van der Waals surface area contributed by atoms with Gasteiger partial charge in [-0.2, -0.15) is 0 Å². The Labute approximate surface area is 144 Å². The third-order valence-corrected chi connectivity index (χ3v) is 4.26. The highest BCUT2D eigenvalue weighted by Crippen LogP contribution is 2.26. The van der Waals surface area contributed by atoms with Crippen LogP contribution in [0.4, 0.5) is 10.5 Å². The van der Waals surface area contributed by atoms with Crippen LogP contribution >= 0.6 is 15.9 Å². The van der Waals surface area contributed by atoms with Crippen LogP contribution in [0.3, 0.4) is 0 Å². The van der Waals surface area contributed by atoms with Crippen molar-refractivity contribution in [3.63, 3.8) is 0 Å². The molecule has 6 nitrogen and oxygen atoms in total. The van der Waals surface area contributed by atoms with Gasteiger partial charge in [0.05, 0.1) is 19.2 Å². The van der Waals surface area contributed by atoms with E-state index in [1.807, 2.05) is 26.0 Å². The third-order valence-electron chi connectivity index (χ3n) is 3.81. The summed E-state index contributed by atoms with van der Waals surface area (Å²) in [5.74, 6) is -0.0750. The maximum absolute atomic E-state index is 12.2. The topological polar surface area (TPSA) is 61.9 Å². The van der Waals surface area contributed by atoms with Crippen molar-refractivity contribution in [3.8, 4) is 0 Å². The number of nitrogens with one attached hydrogen (secondary N) is 1. The molecule has 0 bridgehead atoms. The number of likely N-dealkylation sites (tertiary alicyclic amines) is 1.